The molecule has 4 nitrogen and oxygen atoms in total. The Morgan fingerprint density at radius 1 is 1.32 bits per heavy atom. The summed E-state index contributed by atoms with van der Waals surface area (Å²) in [5.74, 6) is -1.08. The number of methoxy groups -OCH3 is 1. The lowest BCUT2D eigenvalue weighted by Crippen LogP contribution is -2.05. The van der Waals surface area contributed by atoms with Crippen LogP contribution in [0.3, 0.4) is 0 Å². The molecule has 2 rings (SSSR count). The fourth-order valence-electron chi connectivity index (χ4n) is 1.63. The molecule has 0 saturated carbocycles. The van der Waals surface area contributed by atoms with Gasteiger partial charge < -0.3 is 4.74 Å². The van der Waals surface area contributed by atoms with E-state index in [9.17, 15) is 9.18 Å². The van der Waals surface area contributed by atoms with Crippen LogP contribution < -0.4 is 0 Å². The van der Waals surface area contributed by atoms with E-state index in [0.717, 1.165) is 0 Å². The summed E-state index contributed by atoms with van der Waals surface area (Å²) in [6, 6.07) is 3.21. The molecule has 2 aromatic heterocycles. The van der Waals surface area contributed by atoms with Crippen LogP contribution in [0.4, 0.5) is 4.39 Å². The van der Waals surface area contributed by atoms with E-state index in [0.29, 0.717) is 21.3 Å². The second-order valence-corrected chi connectivity index (χ2v) is 4.78. The minimum Gasteiger partial charge on any atom is -0.465 e. The first-order valence-corrected chi connectivity index (χ1v) is 6.18. The van der Waals surface area contributed by atoms with Crippen LogP contribution in [0, 0.1) is 12.9 Å². The number of pyridine rings is 2. The highest BCUT2D eigenvalue weighted by atomic mass is 79.9. The van der Waals surface area contributed by atoms with Crippen molar-refractivity contribution in [3.05, 3.63) is 46.1 Å². The van der Waals surface area contributed by atoms with Crippen LogP contribution in [0.1, 0.15) is 15.9 Å². The molecule has 0 aliphatic carbocycles. The lowest BCUT2D eigenvalue weighted by Gasteiger charge is -2.07. The van der Waals surface area contributed by atoms with Gasteiger partial charge in [-0.2, -0.15) is 4.39 Å². The summed E-state index contributed by atoms with van der Waals surface area (Å²) in [5.41, 5.74) is 1.70. The van der Waals surface area contributed by atoms with Crippen molar-refractivity contribution < 1.29 is 13.9 Å². The Balaban J connectivity index is 2.50. The van der Waals surface area contributed by atoms with Crippen molar-refractivity contribution in [3.8, 4) is 11.3 Å². The number of aromatic nitrogens is 2. The van der Waals surface area contributed by atoms with E-state index in [1.54, 1.807) is 19.1 Å². The standard InChI is InChI=1S/C13H10BrFN2O2/c1-7-3-11(16-6-10(7)13(18)19-2)9-4-8(14)5-17-12(9)15/h3-6H,1-2H3. The Labute approximate surface area is 117 Å². The lowest BCUT2D eigenvalue weighted by atomic mass is 10.1. The first kappa shape index (κ1) is 13.6. The molecule has 0 spiro atoms. The monoisotopic (exact) mass is 324 g/mol. The molecule has 0 atom stereocenters. The Morgan fingerprint density at radius 3 is 2.68 bits per heavy atom. The van der Waals surface area contributed by atoms with E-state index in [-0.39, 0.29) is 5.56 Å². The number of rotatable bonds is 2. The highest BCUT2D eigenvalue weighted by Gasteiger charge is 2.14. The first-order chi connectivity index (χ1) is 9.02. The number of aryl methyl sites for hydroxylation is 1. The van der Waals surface area contributed by atoms with Gasteiger partial charge in [-0.05, 0) is 40.5 Å². The molecule has 0 N–H and O–H groups in total. The SMILES string of the molecule is COC(=O)c1cnc(-c2cc(Br)cnc2F)cc1C. The van der Waals surface area contributed by atoms with Gasteiger partial charge in [0.2, 0.25) is 5.95 Å². The number of hydrogen-bond acceptors (Lipinski definition) is 4. The summed E-state index contributed by atoms with van der Waals surface area (Å²) in [6.45, 7) is 1.74. The van der Waals surface area contributed by atoms with E-state index in [1.807, 2.05) is 0 Å². The lowest BCUT2D eigenvalue weighted by molar-refractivity contribution is 0.0599. The third-order valence-corrected chi connectivity index (χ3v) is 3.03. The average Bonchev–Trinajstić information content (AvgIpc) is 2.40. The largest absolute Gasteiger partial charge is 0.465 e. The minimum atomic E-state index is -0.610. The van der Waals surface area contributed by atoms with Crippen molar-refractivity contribution in [2.75, 3.05) is 7.11 Å². The van der Waals surface area contributed by atoms with Gasteiger partial charge in [-0.25, -0.2) is 9.78 Å². The van der Waals surface area contributed by atoms with Gasteiger partial charge in [0.15, 0.2) is 0 Å². The summed E-state index contributed by atoms with van der Waals surface area (Å²) in [7, 11) is 1.30. The maximum Gasteiger partial charge on any atom is 0.339 e. The van der Waals surface area contributed by atoms with Gasteiger partial charge in [0.1, 0.15) is 0 Å². The molecular formula is C13H10BrFN2O2. The van der Waals surface area contributed by atoms with Crippen molar-refractivity contribution in [1.82, 2.24) is 9.97 Å². The third-order valence-electron chi connectivity index (χ3n) is 2.60. The summed E-state index contributed by atoms with van der Waals surface area (Å²) < 4.78 is 18.9. The molecular weight excluding hydrogens is 315 g/mol. The van der Waals surface area contributed by atoms with Crippen molar-refractivity contribution in [2.24, 2.45) is 0 Å². The second kappa shape index (κ2) is 5.44. The zero-order valence-corrected chi connectivity index (χ0v) is 11.9. The zero-order chi connectivity index (χ0) is 14.0. The highest BCUT2D eigenvalue weighted by molar-refractivity contribution is 9.10. The van der Waals surface area contributed by atoms with Gasteiger partial charge in [0.25, 0.3) is 0 Å². The number of esters is 1. The molecule has 0 amide bonds. The molecule has 0 aliphatic heterocycles. The van der Waals surface area contributed by atoms with Crippen LogP contribution in [-0.4, -0.2) is 23.0 Å². The Morgan fingerprint density at radius 2 is 2.05 bits per heavy atom. The van der Waals surface area contributed by atoms with Crippen molar-refractivity contribution >= 4 is 21.9 Å². The van der Waals surface area contributed by atoms with E-state index in [4.69, 9.17) is 0 Å². The first-order valence-electron chi connectivity index (χ1n) is 5.39. The summed E-state index contributed by atoms with van der Waals surface area (Å²) in [5, 5.41) is 0. The average molecular weight is 325 g/mol. The van der Waals surface area contributed by atoms with Crippen molar-refractivity contribution in [3.63, 3.8) is 0 Å². The number of halogens is 2. The summed E-state index contributed by atoms with van der Waals surface area (Å²) in [6.07, 6.45) is 2.74. The van der Waals surface area contributed by atoms with Crippen LogP contribution >= 0.6 is 15.9 Å². The molecule has 0 bridgehead atoms. The van der Waals surface area contributed by atoms with Gasteiger partial charge in [-0.15, -0.1) is 0 Å². The van der Waals surface area contributed by atoms with Crippen LogP contribution in [0.25, 0.3) is 11.3 Å². The smallest absolute Gasteiger partial charge is 0.339 e. The predicted octanol–water partition coefficient (Wildman–Crippen LogP) is 3.14. The van der Waals surface area contributed by atoms with Crippen LogP contribution in [0.5, 0.6) is 0 Å². The highest BCUT2D eigenvalue weighted by Crippen LogP contribution is 2.24. The second-order valence-electron chi connectivity index (χ2n) is 3.87. The Bertz CT molecular complexity index is 647. The molecule has 2 heterocycles. The maximum atomic E-state index is 13.6. The van der Waals surface area contributed by atoms with Gasteiger partial charge >= 0.3 is 5.97 Å². The number of hydrogen-bond donors (Lipinski definition) is 0. The van der Waals surface area contributed by atoms with Crippen molar-refractivity contribution in [2.45, 2.75) is 6.92 Å². The van der Waals surface area contributed by atoms with Crippen LogP contribution in [0.2, 0.25) is 0 Å². The maximum absolute atomic E-state index is 13.6. The van der Waals surface area contributed by atoms with E-state index in [2.05, 4.69) is 30.6 Å². The number of carbonyl (C=O) groups is 1. The number of nitrogens with zero attached hydrogens (tertiary/aromatic N) is 2. The fourth-order valence-corrected chi connectivity index (χ4v) is 1.96. The number of carbonyl (C=O) groups excluding carboxylic acids is 1. The quantitative estimate of drug-likeness (QED) is 0.629. The summed E-state index contributed by atoms with van der Waals surface area (Å²) >= 11 is 3.23. The fraction of sp³-hybridized carbons (Fsp3) is 0.154. The normalized spacial score (nSPS) is 10.3. The van der Waals surface area contributed by atoms with Gasteiger partial charge in [-0.3, -0.25) is 4.98 Å². The topological polar surface area (TPSA) is 52.1 Å². The minimum absolute atomic E-state index is 0.272. The molecule has 6 heteroatoms. The molecule has 2 aromatic rings. The van der Waals surface area contributed by atoms with Gasteiger partial charge in [0.05, 0.1) is 23.9 Å². The zero-order valence-electron chi connectivity index (χ0n) is 10.3. The van der Waals surface area contributed by atoms with E-state index < -0.39 is 11.9 Å². The third kappa shape index (κ3) is 2.78. The molecule has 98 valence electrons. The van der Waals surface area contributed by atoms with Gasteiger partial charge in [-0.1, -0.05) is 0 Å². The van der Waals surface area contributed by atoms with Crippen LogP contribution in [-0.2, 0) is 4.74 Å². The Kier molecular flexibility index (Phi) is 3.90. The number of ether oxygens (including phenoxy) is 1. The molecule has 0 radical (unpaired) electrons. The predicted molar refractivity (Wildman–Crippen MR) is 71.2 cm³/mol. The molecule has 0 unspecified atom stereocenters. The molecule has 19 heavy (non-hydrogen) atoms. The van der Waals surface area contributed by atoms with Crippen molar-refractivity contribution in [1.29, 1.82) is 0 Å². The molecule has 0 fully saturated rings. The summed E-state index contributed by atoms with van der Waals surface area (Å²) in [4.78, 5) is 19.1. The van der Waals surface area contributed by atoms with Crippen LogP contribution in [0.15, 0.2) is 29.0 Å². The van der Waals surface area contributed by atoms with E-state index >= 15 is 0 Å². The molecule has 0 aromatic carbocycles. The van der Waals surface area contributed by atoms with Gasteiger partial charge in [0, 0.05) is 16.9 Å². The molecule has 0 saturated heterocycles. The molecule has 0 aliphatic rings. The Hall–Kier alpha value is -1.82. The van der Waals surface area contributed by atoms with E-state index in [1.165, 1.54) is 19.5 Å².